The molecule has 28 heavy (non-hydrogen) atoms. The molecule has 2 N–H and O–H groups in total. The molecule has 6 heteroatoms. The third-order valence-electron chi connectivity index (χ3n) is 6.21. The Labute approximate surface area is 167 Å². The molecular weight excluding hydrogens is 350 g/mol. The first-order valence-corrected chi connectivity index (χ1v) is 10.4. The van der Waals surface area contributed by atoms with E-state index in [4.69, 9.17) is 0 Å². The van der Waals surface area contributed by atoms with Crippen LogP contribution in [0.15, 0.2) is 30.3 Å². The summed E-state index contributed by atoms with van der Waals surface area (Å²) in [5, 5.41) is 11.1. The maximum atomic E-state index is 12.2. The van der Waals surface area contributed by atoms with Crippen LogP contribution in [0.4, 0.5) is 0 Å². The summed E-state index contributed by atoms with van der Waals surface area (Å²) in [4.78, 5) is 14.7. The quantitative estimate of drug-likeness (QED) is 0.830. The number of aryl methyl sites for hydroxylation is 1. The second-order valence-corrected chi connectivity index (χ2v) is 8.12. The predicted octanol–water partition coefficient (Wildman–Crippen LogP) is 1.89. The lowest BCUT2D eigenvalue weighted by Gasteiger charge is -2.35. The van der Waals surface area contributed by atoms with Gasteiger partial charge in [0.15, 0.2) is 5.69 Å². The third kappa shape index (κ3) is 4.13. The highest BCUT2D eigenvalue weighted by atomic mass is 16.1. The van der Waals surface area contributed by atoms with Crippen molar-refractivity contribution in [1.82, 2.24) is 25.3 Å². The van der Waals surface area contributed by atoms with E-state index in [9.17, 15) is 4.79 Å². The highest BCUT2D eigenvalue weighted by Gasteiger charge is 2.30. The Bertz CT molecular complexity index is 808. The van der Waals surface area contributed by atoms with Crippen LogP contribution in [0.1, 0.15) is 46.6 Å². The normalized spacial score (nSPS) is 20.7. The molecule has 1 aromatic heterocycles. The highest BCUT2D eigenvalue weighted by molar-refractivity contribution is 5.93. The summed E-state index contributed by atoms with van der Waals surface area (Å²) in [6.45, 7) is 3.33. The minimum absolute atomic E-state index is 0.0771. The maximum Gasteiger partial charge on any atom is 0.271 e. The third-order valence-corrected chi connectivity index (χ3v) is 6.21. The number of aromatic nitrogens is 2. The SMILES string of the molecule is CNC(=O)c1nn(C)c2c1CC(NC1CCN(Cc3ccccc3)CC1)CC2. The Morgan fingerprint density at radius 3 is 2.61 bits per heavy atom. The average Bonchev–Trinajstić information content (AvgIpc) is 3.06. The lowest BCUT2D eigenvalue weighted by Crippen LogP contribution is -2.47. The van der Waals surface area contributed by atoms with E-state index in [1.807, 2.05) is 11.7 Å². The molecule has 4 rings (SSSR count). The van der Waals surface area contributed by atoms with Crippen molar-refractivity contribution in [3.05, 3.63) is 52.8 Å². The molecule has 1 aliphatic heterocycles. The summed E-state index contributed by atoms with van der Waals surface area (Å²) in [5.74, 6) is -0.0771. The fourth-order valence-electron chi connectivity index (χ4n) is 4.67. The van der Waals surface area contributed by atoms with E-state index < -0.39 is 0 Å². The van der Waals surface area contributed by atoms with Crippen molar-refractivity contribution in [2.75, 3.05) is 20.1 Å². The van der Waals surface area contributed by atoms with Crippen LogP contribution >= 0.6 is 0 Å². The van der Waals surface area contributed by atoms with Gasteiger partial charge in [0.05, 0.1) is 0 Å². The molecule has 6 nitrogen and oxygen atoms in total. The Kier molecular flexibility index (Phi) is 5.78. The van der Waals surface area contributed by atoms with Crippen molar-refractivity contribution in [1.29, 1.82) is 0 Å². The zero-order valence-electron chi connectivity index (χ0n) is 16.9. The zero-order valence-corrected chi connectivity index (χ0v) is 16.9. The highest BCUT2D eigenvalue weighted by Crippen LogP contribution is 2.25. The molecule has 0 radical (unpaired) electrons. The van der Waals surface area contributed by atoms with Gasteiger partial charge < -0.3 is 10.6 Å². The molecule has 2 aliphatic rings. The average molecular weight is 382 g/mol. The number of amides is 1. The number of rotatable bonds is 5. The molecule has 1 aromatic carbocycles. The maximum absolute atomic E-state index is 12.2. The van der Waals surface area contributed by atoms with Gasteiger partial charge in [0.2, 0.25) is 0 Å². The molecule has 2 aromatic rings. The Hall–Kier alpha value is -2.18. The van der Waals surface area contributed by atoms with E-state index in [0.29, 0.717) is 17.8 Å². The molecule has 1 fully saturated rings. The largest absolute Gasteiger partial charge is 0.354 e. The van der Waals surface area contributed by atoms with Gasteiger partial charge >= 0.3 is 0 Å². The first-order chi connectivity index (χ1) is 13.6. The van der Waals surface area contributed by atoms with Crippen LogP contribution < -0.4 is 10.6 Å². The number of nitrogens with one attached hydrogen (secondary N) is 2. The van der Waals surface area contributed by atoms with Crippen molar-refractivity contribution in [3.8, 4) is 0 Å². The lowest BCUT2D eigenvalue weighted by molar-refractivity contribution is 0.0956. The van der Waals surface area contributed by atoms with E-state index in [1.54, 1.807) is 7.05 Å². The molecule has 0 spiro atoms. The van der Waals surface area contributed by atoms with Crippen LogP contribution in [0.5, 0.6) is 0 Å². The first kappa shape index (κ1) is 19.2. The van der Waals surface area contributed by atoms with Gasteiger partial charge in [-0.15, -0.1) is 0 Å². The van der Waals surface area contributed by atoms with Gasteiger partial charge in [0.1, 0.15) is 0 Å². The summed E-state index contributed by atoms with van der Waals surface area (Å²) in [6, 6.07) is 11.7. The van der Waals surface area contributed by atoms with Crippen molar-refractivity contribution in [3.63, 3.8) is 0 Å². The van der Waals surface area contributed by atoms with E-state index in [0.717, 1.165) is 44.5 Å². The topological polar surface area (TPSA) is 62.2 Å². The Morgan fingerprint density at radius 2 is 1.89 bits per heavy atom. The number of nitrogens with zero attached hydrogens (tertiary/aromatic N) is 3. The van der Waals surface area contributed by atoms with E-state index in [2.05, 4.69) is 51.0 Å². The molecule has 150 valence electrons. The lowest BCUT2D eigenvalue weighted by atomic mass is 9.90. The first-order valence-electron chi connectivity index (χ1n) is 10.4. The standard InChI is InChI=1S/C22H31N5O/c1-23-22(28)21-19-14-18(8-9-20(19)26(2)25-21)24-17-10-12-27(13-11-17)15-16-6-4-3-5-7-16/h3-7,17-18,24H,8-15H2,1-2H3,(H,23,28). The van der Waals surface area contributed by atoms with Crippen LogP contribution in [0.25, 0.3) is 0 Å². The van der Waals surface area contributed by atoms with Crippen molar-refractivity contribution in [2.45, 2.75) is 50.7 Å². The summed E-state index contributed by atoms with van der Waals surface area (Å²) in [7, 11) is 3.62. The van der Waals surface area contributed by atoms with Crippen LogP contribution in [0.2, 0.25) is 0 Å². The number of fused-ring (bicyclic) bond motifs is 1. The van der Waals surface area contributed by atoms with Crippen LogP contribution in [0.3, 0.4) is 0 Å². The van der Waals surface area contributed by atoms with Crippen LogP contribution in [-0.4, -0.2) is 52.8 Å². The number of piperidine rings is 1. The molecule has 0 saturated carbocycles. The summed E-state index contributed by atoms with van der Waals surface area (Å²) >= 11 is 0. The van der Waals surface area contributed by atoms with Crippen LogP contribution in [-0.2, 0) is 26.4 Å². The number of likely N-dealkylation sites (tertiary alicyclic amines) is 1. The van der Waals surface area contributed by atoms with Crippen molar-refractivity contribution in [2.24, 2.45) is 7.05 Å². The molecule has 1 atom stereocenters. The van der Waals surface area contributed by atoms with E-state index in [-0.39, 0.29) is 5.91 Å². The number of carbonyl (C=O) groups is 1. The van der Waals surface area contributed by atoms with Crippen molar-refractivity contribution < 1.29 is 4.79 Å². The molecule has 1 aliphatic carbocycles. The van der Waals surface area contributed by atoms with Gasteiger partial charge in [-0.05, 0) is 50.8 Å². The summed E-state index contributed by atoms with van der Waals surface area (Å²) < 4.78 is 1.89. The second-order valence-electron chi connectivity index (χ2n) is 8.12. The number of carbonyl (C=O) groups excluding carboxylic acids is 1. The van der Waals surface area contributed by atoms with E-state index in [1.165, 1.54) is 24.1 Å². The van der Waals surface area contributed by atoms with Gasteiger partial charge in [-0.2, -0.15) is 5.10 Å². The number of benzene rings is 1. The molecule has 1 unspecified atom stereocenters. The van der Waals surface area contributed by atoms with Gasteiger partial charge in [0, 0.05) is 44.0 Å². The number of hydrogen-bond acceptors (Lipinski definition) is 4. The molecule has 1 saturated heterocycles. The fourth-order valence-corrected chi connectivity index (χ4v) is 4.67. The molecule has 2 heterocycles. The Morgan fingerprint density at radius 1 is 1.14 bits per heavy atom. The van der Waals surface area contributed by atoms with Crippen molar-refractivity contribution >= 4 is 5.91 Å². The minimum Gasteiger partial charge on any atom is -0.354 e. The van der Waals surface area contributed by atoms with Gasteiger partial charge in [0.25, 0.3) is 5.91 Å². The van der Waals surface area contributed by atoms with Crippen LogP contribution in [0, 0.1) is 0 Å². The number of hydrogen-bond donors (Lipinski definition) is 2. The summed E-state index contributed by atoms with van der Waals surface area (Å²) in [6.07, 6.45) is 5.37. The molecule has 1 amide bonds. The zero-order chi connectivity index (χ0) is 19.5. The minimum atomic E-state index is -0.0771. The molecular formula is C22H31N5O. The second kappa shape index (κ2) is 8.45. The molecule has 0 bridgehead atoms. The fraction of sp³-hybridized carbons (Fsp3) is 0.545. The summed E-state index contributed by atoms with van der Waals surface area (Å²) in [5.41, 5.74) is 4.35. The van der Waals surface area contributed by atoms with Gasteiger partial charge in [-0.3, -0.25) is 14.4 Å². The monoisotopic (exact) mass is 381 g/mol. The Balaban J connectivity index is 1.31. The van der Waals surface area contributed by atoms with Gasteiger partial charge in [-0.1, -0.05) is 30.3 Å². The smallest absolute Gasteiger partial charge is 0.271 e. The predicted molar refractivity (Wildman–Crippen MR) is 110 cm³/mol. The van der Waals surface area contributed by atoms with E-state index >= 15 is 0 Å². The van der Waals surface area contributed by atoms with Gasteiger partial charge in [-0.25, -0.2) is 0 Å².